The first-order chi connectivity index (χ1) is 15.4. The minimum Gasteiger partial charge on any atom is -0.325 e. The Morgan fingerprint density at radius 2 is 1.44 bits per heavy atom. The van der Waals surface area contributed by atoms with Crippen molar-refractivity contribution in [3.8, 4) is 0 Å². The van der Waals surface area contributed by atoms with Crippen molar-refractivity contribution in [2.24, 2.45) is 0 Å². The molecule has 4 rings (SSSR count). The normalized spacial score (nSPS) is 15.8. The zero-order chi connectivity index (χ0) is 22.7. The van der Waals surface area contributed by atoms with Gasteiger partial charge in [-0.2, -0.15) is 0 Å². The molecule has 162 valence electrons. The quantitative estimate of drug-likeness (QED) is 0.485. The lowest BCUT2D eigenvalue weighted by Crippen LogP contribution is -2.45. The Kier molecular flexibility index (Phi) is 6.58. The highest BCUT2D eigenvalue weighted by Crippen LogP contribution is 2.28. The zero-order valence-corrected chi connectivity index (χ0v) is 18.6. The summed E-state index contributed by atoms with van der Waals surface area (Å²) in [6, 6.07) is 22.0. The molecule has 1 fully saturated rings. The fourth-order valence-electron chi connectivity index (χ4n) is 3.75. The van der Waals surface area contributed by atoms with Gasteiger partial charge in [0.2, 0.25) is 11.8 Å². The number of imide groups is 1. The Labute approximate surface area is 196 Å². The number of amides is 3. The van der Waals surface area contributed by atoms with E-state index in [0.29, 0.717) is 15.7 Å². The third kappa shape index (κ3) is 4.85. The van der Waals surface area contributed by atoms with Crippen LogP contribution in [0.1, 0.15) is 17.5 Å². The number of hydrogen-bond donors (Lipinski definition) is 0. The molecule has 1 heterocycles. The van der Waals surface area contributed by atoms with Crippen molar-refractivity contribution in [3.05, 3.63) is 100 Å². The molecule has 1 aliphatic heterocycles. The molecule has 3 aromatic carbocycles. The minimum absolute atomic E-state index is 0.0688. The van der Waals surface area contributed by atoms with Crippen LogP contribution < -0.4 is 4.90 Å². The Morgan fingerprint density at radius 3 is 2.06 bits per heavy atom. The molecule has 3 aromatic rings. The van der Waals surface area contributed by atoms with Gasteiger partial charge in [-0.05, 0) is 47.5 Å². The van der Waals surface area contributed by atoms with Gasteiger partial charge in [0.1, 0.15) is 6.04 Å². The first-order valence-corrected chi connectivity index (χ1v) is 10.9. The molecular weight excluding hydrogens is 447 g/mol. The van der Waals surface area contributed by atoms with E-state index in [2.05, 4.69) is 0 Å². The number of hydrogen-bond acceptors (Lipinski definition) is 3. The van der Waals surface area contributed by atoms with Crippen molar-refractivity contribution in [2.75, 3.05) is 4.90 Å². The summed E-state index contributed by atoms with van der Waals surface area (Å²) >= 11 is 11.9. The molecule has 0 aromatic heterocycles. The number of halogens is 2. The lowest BCUT2D eigenvalue weighted by Gasteiger charge is -2.28. The summed E-state index contributed by atoms with van der Waals surface area (Å²) in [5, 5.41) is 1.09. The fourth-order valence-corrected chi connectivity index (χ4v) is 4.00. The van der Waals surface area contributed by atoms with Crippen LogP contribution in [-0.2, 0) is 27.3 Å². The second-order valence-electron chi connectivity index (χ2n) is 7.57. The number of carbonyl (C=O) groups is 3. The average Bonchev–Trinajstić information content (AvgIpc) is 3.08. The van der Waals surface area contributed by atoms with Gasteiger partial charge >= 0.3 is 0 Å². The summed E-state index contributed by atoms with van der Waals surface area (Å²) in [5.41, 5.74) is 2.10. The highest BCUT2D eigenvalue weighted by Gasteiger charge is 2.44. The van der Waals surface area contributed by atoms with Crippen LogP contribution in [0, 0.1) is 0 Å². The Bertz CT molecular complexity index is 1130. The molecule has 3 amide bonds. The van der Waals surface area contributed by atoms with E-state index in [9.17, 15) is 14.4 Å². The van der Waals surface area contributed by atoms with E-state index in [-0.39, 0.29) is 31.2 Å². The zero-order valence-electron chi connectivity index (χ0n) is 17.1. The summed E-state index contributed by atoms with van der Waals surface area (Å²) in [6.45, 7) is 0.228. The smallest absolute Gasteiger partial charge is 0.257 e. The Hall–Kier alpha value is -3.15. The first kappa shape index (κ1) is 22.1. The van der Waals surface area contributed by atoms with E-state index in [4.69, 9.17) is 23.2 Å². The maximum absolute atomic E-state index is 13.3. The van der Waals surface area contributed by atoms with Crippen molar-refractivity contribution in [2.45, 2.75) is 25.4 Å². The van der Waals surface area contributed by atoms with Gasteiger partial charge in [0, 0.05) is 16.6 Å². The molecule has 0 aliphatic carbocycles. The monoisotopic (exact) mass is 466 g/mol. The molecule has 7 heteroatoms. The van der Waals surface area contributed by atoms with Gasteiger partial charge in [0.05, 0.1) is 18.5 Å². The van der Waals surface area contributed by atoms with Crippen LogP contribution in [0.3, 0.4) is 0 Å². The predicted octanol–water partition coefficient (Wildman–Crippen LogP) is 4.90. The molecule has 5 nitrogen and oxygen atoms in total. The molecule has 1 saturated heterocycles. The molecule has 0 saturated carbocycles. The second-order valence-corrected chi connectivity index (χ2v) is 8.45. The van der Waals surface area contributed by atoms with Gasteiger partial charge in [0.15, 0.2) is 0 Å². The van der Waals surface area contributed by atoms with Gasteiger partial charge in [-0.15, -0.1) is 0 Å². The third-order valence-corrected chi connectivity index (χ3v) is 5.87. The predicted molar refractivity (Wildman–Crippen MR) is 124 cm³/mol. The summed E-state index contributed by atoms with van der Waals surface area (Å²) in [7, 11) is 0. The van der Waals surface area contributed by atoms with Crippen molar-refractivity contribution >= 4 is 46.6 Å². The maximum atomic E-state index is 13.3. The van der Waals surface area contributed by atoms with Gasteiger partial charge < -0.3 is 4.90 Å². The number of benzene rings is 3. The van der Waals surface area contributed by atoms with Crippen LogP contribution in [-0.4, -0.2) is 28.7 Å². The fraction of sp³-hybridized carbons (Fsp3) is 0.160. The van der Waals surface area contributed by atoms with Crippen molar-refractivity contribution < 1.29 is 14.4 Å². The second kappa shape index (κ2) is 9.55. The van der Waals surface area contributed by atoms with Gasteiger partial charge in [-0.3, -0.25) is 14.4 Å². The van der Waals surface area contributed by atoms with E-state index >= 15 is 0 Å². The molecule has 0 N–H and O–H groups in total. The third-order valence-electron chi connectivity index (χ3n) is 5.37. The van der Waals surface area contributed by atoms with E-state index in [1.807, 2.05) is 30.3 Å². The molecule has 1 unspecified atom stereocenters. The van der Waals surface area contributed by atoms with Gasteiger partial charge in [-0.1, -0.05) is 65.7 Å². The molecule has 0 radical (unpaired) electrons. The van der Waals surface area contributed by atoms with Gasteiger partial charge in [-0.25, -0.2) is 4.90 Å². The Balaban J connectivity index is 1.62. The van der Waals surface area contributed by atoms with E-state index < -0.39 is 11.9 Å². The number of carbonyl (C=O) groups excluding carboxylic acids is 3. The summed E-state index contributed by atoms with van der Waals surface area (Å²) in [6.07, 6.45) is 0.0313. The lowest BCUT2D eigenvalue weighted by molar-refractivity contribution is -0.138. The molecule has 0 spiro atoms. The number of anilines is 1. The van der Waals surface area contributed by atoms with Crippen LogP contribution in [0.4, 0.5) is 5.69 Å². The highest BCUT2D eigenvalue weighted by molar-refractivity contribution is 6.31. The van der Waals surface area contributed by atoms with E-state index in [1.165, 1.54) is 4.90 Å². The highest BCUT2D eigenvalue weighted by atomic mass is 35.5. The van der Waals surface area contributed by atoms with Crippen LogP contribution >= 0.6 is 23.2 Å². The molecule has 0 bridgehead atoms. The molecule has 1 atom stereocenters. The van der Waals surface area contributed by atoms with Crippen LogP contribution in [0.15, 0.2) is 78.9 Å². The van der Waals surface area contributed by atoms with Crippen molar-refractivity contribution in [3.63, 3.8) is 0 Å². The Morgan fingerprint density at radius 1 is 0.844 bits per heavy atom. The van der Waals surface area contributed by atoms with E-state index in [1.54, 1.807) is 48.5 Å². The SMILES string of the molecule is O=C1CC(N(Cc2ccccc2)C(=O)Cc2ccc(Cl)cc2)C(=O)N1c1ccc(Cl)cc1. The average molecular weight is 467 g/mol. The minimum atomic E-state index is -0.877. The van der Waals surface area contributed by atoms with E-state index in [0.717, 1.165) is 16.0 Å². The van der Waals surface area contributed by atoms with Crippen molar-refractivity contribution in [1.82, 2.24) is 4.90 Å². The molecule has 32 heavy (non-hydrogen) atoms. The largest absolute Gasteiger partial charge is 0.325 e. The molecular formula is C25H20Cl2N2O3. The standard InChI is InChI=1S/C25H20Cl2N2O3/c26-19-8-6-17(7-9-19)14-23(30)28(16-18-4-2-1-3-5-18)22-15-24(31)29(25(22)32)21-12-10-20(27)11-13-21/h1-13,22H,14-16H2. The lowest BCUT2D eigenvalue weighted by atomic mass is 10.1. The summed E-state index contributed by atoms with van der Waals surface area (Å²) in [4.78, 5) is 42.0. The summed E-state index contributed by atoms with van der Waals surface area (Å²) < 4.78 is 0. The summed E-state index contributed by atoms with van der Waals surface area (Å²) in [5.74, 6) is -1.00. The topological polar surface area (TPSA) is 57.7 Å². The van der Waals surface area contributed by atoms with Crippen LogP contribution in [0.5, 0.6) is 0 Å². The maximum Gasteiger partial charge on any atom is 0.257 e. The van der Waals surface area contributed by atoms with Crippen LogP contribution in [0.25, 0.3) is 0 Å². The first-order valence-electron chi connectivity index (χ1n) is 10.1. The number of rotatable bonds is 6. The van der Waals surface area contributed by atoms with Crippen molar-refractivity contribution in [1.29, 1.82) is 0 Å². The van der Waals surface area contributed by atoms with Crippen LogP contribution in [0.2, 0.25) is 10.0 Å². The van der Waals surface area contributed by atoms with Gasteiger partial charge in [0.25, 0.3) is 5.91 Å². The molecule has 1 aliphatic rings. The number of nitrogens with zero attached hydrogens (tertiary/aromatic N) is 2.